The first kappa shape index (κ1) is 11.4. The van der Waals surface area contributed by atoms with E-state index in [2.05, 4.69) is 6.07 Å². The Balaban J connectivity index is 2.59. The predicted molar refractivity (Wildman–Crippen MR) is 61.8 cm³/mol. The smallest absolute Gasteiger partial charge is 0.126 e. The Bertz CT molecular complexity index is 501. The predicted octanol–water partition coefficient (Wildman–Crippen LogP) is 3.98. The van der Waals surface area contributed by atoms with Crippen LogP contribution in [0.5, 0.6) is 0 Å². The van der Waals surface area contributed by atoms with Gasteiger partial charge in [0, 0.05) is 5.02 Å². The van der Waals surface area contributed by atoms with E-state index in [0.717, 1.165) is 6.42 Å². The molecule has 1 aromatic rings. The van der Waals surface area contributed by atoms with Crippen molar-refractivity contribution in [3.05, 3.63) is 34.1 Å². The molecule has 2 rings (SSSR count). The summed E-state index contributed by atoms with van der Waals surface area (Å²) in [5, 5.41) is 9.79. The van der Waals surface area contributed by atoms with Crippen LogP contribution in [-0.2, 0) is 5.41 Å². The Hall–Kier alpha value is -1.07. The molecule has 1 fully saturated rings. The average Bonchev–Trinajstić information content (AvgIpc) is 2.76. The lowest BCUT2D eigenvalue weighted by molar-refractivity contribution is 0.563. The summed E-state index contributed by atoms with van der Waals surface area (Å²) >= 11 is 6.11. The van der Waals surface area contributed by atoms with Gasteiger partial charge >= 0.3 is 0 Å². The Morgan fingerprint density at radius 3 is 2.44 bits per heavy atom. The van der Waals surface area contributed by atoms with Gasteiger partial charge in [-0.2, -0.15) is 5.26 Å². The third-order valence-electron chi connectivity index (χ3n) is 3.64. The van der Waals surface area contributed by atoms with E-state index in [9.17, 15) is 9.65 Å². The molecular formula is C13H13ClFN. The van der Waals surface area contributed by atoms with Gasteiger partial charge in [0.05, 0.1) is 11.5 Å². The van der Waals surface area contributed by atoms with Gasteiger partial charge in [-0.3, -0.25) is 0 Å². The Morgan fingerprint density at radius 1 is 1.44 bits per heavy atom. The zero-order valence-corrected chi connectivity index (χ0v) is 10.3. The fraction of sp³-hybridized carbons (Fsp3) is 0.462. The van der Waals surface area contributed by atoms with Gasteiger partial charge in [-0.15, -0.1) is 0 Å². The second-order valence-corrected chi connectivity index (χ2v) is 5.57. The molecule has 0 N–H and O–H groups in total. The van der Waals surface area contributed by atoms with Gasteiger partial charge in [0.15, 0.2) is 0 Å². The van der Waals surface area contributed by atoms with Gasteiger partial charge < -0.3 is 0 Å². The minimum atomic E-state index is -0.612. The zero-order valence-electron chi connectivity index (χ0n) is 9.56. The van der Waals surface area contributed by atoms with Crippen molar-refractivity contribution in [3.8, 4) is 6.07 Å². The van der Waals surface area contributed by atoms with Crippen LogP contribution in [0.2, 0.25) is 5.02 Å². The second-order valence-electron chi connectivity index (χ2n) is 5.16. The number of rotatable bonds is 1. The van der Waals surface area contributed by atoms with Gasteiger partial charge in [0.25, 0.3) is 0 Å². The van der Waals surface area contributed by atoms with Gasteiger partial charge in [0.2, 0.25) is 0 Å². The standard InChI is InChI=1S/C13H13ClFN/c1-8-4-10(14)9(5-11(8)15)13(7-16)6-12(13,2)3/h4-5H,6H2,1-3H3. The van der Waals surface area contributed by atoms with Crippen molar-refractivity contribution in [2.45, 2.75) is 32.6 Å². The molecular weight excluding hydrogens is 225 g/mol. The molecule has 0 aromatic heterocycles. The number of nitriles is 1. The Morgan fingerprint density at radius 2 is 2.00 bits per heavy atom. The lowest BCUT2D eigenvalue weighted by Gasteiger charge is -2.15. The zero-order chi connectivity index (χ0) is 12.1. The van der Waals surface area contributed by atoms with E-state index < -0.39 is 5.41 Å². The van der Waals surface area contributed by atoms with Crippen molar-refractivity contribution in [1.82, 2.24) is 0 Å². The molecule has 0 aliphatic heterocycles. The van der Waals surface area contributed by atoms with Crippen molar-refractivity contribution < 1.29 is 4.39 Å². The minimum Gasteiger partial charge on any atom is -0.207 e. The molecule has 0 amide bonds. The van der Waals surface area contributed by atoms with E-state index >= 15 is 0 Å². The van der Waals surface area contributed by atoms with Gasteiger partial charge in [-0.1, -0.05) is 25.4 Å². The maximum atomic E-state index is 13.5. The highest BCUT2D eigenvalue weighted by atomic mass is 35.5. The molecule has 1 unspecified atom stereocenters. The van der Waals surface area contributed by atoms with Crippen LogP contribution in [-0.4, -0.2) is 0 Å². The summed E-state index contributed by atoms with van der Waals surface area (Å²) in [7, 11) is 0. The number of aryl methyl sites for hydroxylation is 1. The molecule has 0 radical (unpaired) electrons. The first-order valence-electron chi connectivity index (χ1n) is 5.21. The number of halogens is 2. The summed E-state index contributed by atoms with van der Waals surface area (Å²) in [5.74, 6) is -0.295. The summed E-state index contributed by atoms with van der Waals surface area (Å²) < 4.78 is 13.5. The lowest BCUT2D eigenvalue weighted by Crippen LogP contribution is -2.13. The molecule has 0 spiro atoms. The summed E-state index contributed by atoms with van der Waals surface area (Å²) in [6.07, 6.45) is 0.735. The van der Waals surface area contributed by atoms with Crippen molar-refractivity contribution in [3.63, 3.8) is 0 Å². The molecule has 1 aromatic carbocycles. The van der Waals surface area contributed by atoms with Crippen LogP contribution in [0.1, 0.15) is 31.4 Å². The quantitative estimate of drug-likeness (QED) is 0.725. The highest BCUT2D eigenvalue weighted by Crippen LogP contribution is 2.65. The second kappa shape index (κ2) is 3.21. The molecule has 0 heterocycles. The molecule has 16 heavy (non-hydrogen) atoms. The molecule has 84 valence electrons. The molecule has 1 saturated carbocycles. The number of hydrogen-bond acceptors (Lipinski definition) is 1. The molecule has 1 atom stereocenters. The van der Waals surface area contributed by atoms with Crippen LogP contribution in [0.3, 0.4) is 0 Å². The van der Waals surface area contributed by atoms with E-state index in [-0.39, 0.29) is 11.2 Å². The first-order chi connectivity index (χ1) is 7.34. The van der Waals surface area contributed by atoms with Crippen LogP contribution in [0.4, 0.5) is 4.39 Å². The van der Waals surface area contributed by atoms with Crippen molar-refractivity contribution in [2.24, 2.45) is 5.41 Å². The third-order valence-corrected chi connectivity index (χ3v) is 3.95. The van der Waals surface area contributed by atoms with Gasteiger partial charge in [-0.25, -0.2) is 4.39 Å². The maximum absolute atomic E-state index is 13.5. The van der Waals surface area contributed by atoms with Crippen LogP contribution >= 0.6 is 11.6 Å². The van der Waals surface area contributed by atoms with Gasteiger partial charge in [-0.05, 0) is 42.0 Å². The monoisotopic (exact) mass is 237 g/mol. The summed E-state index contributed by atoms with van der Waals surface area (Å²) in [5.41, 5.74) is 0.413. The molecule has 0 bridgehead atoms. The van der Waals surface area contributed by atoms with Crippen molar-refractivity contribution >= 4 is 11.6 Å². The van der Waals surface area contributed by atoms with E-state index in [4.69, 9.17) is 11.6 Å². The molecule has 1 aliphatic rings. The fourth-order valence-corrected chi connectivity index (χ4v) is 2.68. The normalized spacial score (nSPS) is 26.2. The van der Waals surface area contributed by atoms with E-state index in [0.29, 0.717) is 16.1 Å². The topological polar surface area (TPSA) is 23.8 Å². The summed E-state index contributed by atoms with van der Waals surface area (Å²) in [6, 6.07) is 5.30. The number of benzene rings is 1. The van der Waals surface area contributed by atoms with E-state index in [1.807, 2.05) is 13.8 Å². The van der Waals surface area contributed by atoms with E-state index in [1.54, 1.807) is 13.0 Å². The minimum absolute atomic E-state index is 0.118. The highest BCUT2D eigenvalue weighted by Gasteiger charge is 2.63. The summed E-state index contributed by atoms with van der Waals surface area (Å²) in [4.78, 5) is 0. The number of nitrogens with zero attached hydrogens (tertiary/aromatic N) is 1. The molecule has 1 aliphatic carbocycles. The molecule has 1 nitrogen and oxygen atoms in total. The molecule has 3 heteroatoms. The average molecular weight is 238 g/mol. The lowest BCUT2D eigenvalue weighted by atomic mass is 9.88. The van der Waals surface area contributed by atoms with Gasteiger partial charge in [0.1, 0.15) is 5.82 Å². The Labute approximate surface area is 99.8 Å². The van der Waals surface area contributed by atoms with E-state index in [1.165, 1.54) is 6.07 Å². The fourth-order valence-electron chi connectivity index (χ4n) is 2.30. The van der Waals surface area contributed by atoms with Crippen LogP contribution in [0.25, 0.3) is 0 Å². The maximum Gasteiger partial charge on any atom is 0.126 e. The van der Waals surface area contributed by atoms with Crippen molar-refractivity contribution in [1.29, 1.82) is 5.26 Å². The highest BCUT2D eigenvalue weighted by molar-refractivity contribution is 6.31. The SMILES string of the molecule is Cc1cc(Cl)c(C2(C#N)CC2(C)C)cc1F. The number of hydrogen-bond donors (Lipinski definition) is 0. The van der Waals surface area contributed by atoms with Crippen molar-refractivity contribution in [2.75, 3.05) is 0 Å². The largest absolute Gasteiger partial charge is 0.207 e. The summed E-state index contributed by atoms with van der Waals surface area (Å²) in [6.45, 7) is 5.68. The van der Waals surface area contributed by atoms with Crippen LogP contribution in [0.15, 0.2) is 12.1 Å². The van der Waals surface area contributed by atoms with Crippen LogP contribution in [0, 0.1) is 29.5 Å². The van der Waals surface area contributed by atoms with Crippen LogP contribution < -0.4 is 0 Å². The first-order valence-corrected chi connectivity index (χ1v) is 5.59. The molecule has 0 saturated heterocycles. The Kier molecular flexibility index (Phi) is 2.29. The third kappa shape index (κ3) is 1.35.